The van der Waals surface area contributed by atoms with Crippen LogP contribution in [0.15, 0.2) is 231 Å². The lowest BCUT2D eigenvalue weighted by molar-refractivity contribution is 1.59. The second-order valence-electron chi connectivity index (χ2n) is 15.3. The highest BCUT2D eigenvalue weighted by atomic mass is 14.2. The molecule has 0 bridgehead atoms. The highest BCUT2D eigenvalue weighted by Gasteiger charge is 2.17. The molecule has 0 amide bonds. The molecule has 0 aliphatic heterocycles. The number of hydrogen-bond donors (Lipinski definition) is 0. The predicted molar refractivity (Wildman–Crippen MR) is 249 cm³/mol. The summed E-state index contributed by atoms with van der Waals surface area (Å²) in [7, 11) is 0. The molecule has 0 unspecified atom stereocenters. The van der Waals surface area contributed by atoms with E-state index in [4.69, 9.17) is 0 Å². The summed E-state index contributed by atoms with van der Waals surface area (Å²) in [5.41, 5.74) is 14.8. The van der Waals surface area contributed by atoms with E-state index >= 15 is 0 Å². The summed E-state index contributed by atoms with van der Waals surface area (Å²) in [6.45, 7) is 0. The van der Waals surface area contributed by atoms with Gasteiger partial charge in [-0.1, -0.05) is 200 Å². The van der Waals surface area contributed by atoms with Crippen molar-refractivity contribution in [2.75, 3.05) is 0 Å². The van der Waals surface area contributed by atoms with Gasteiger partial charge in [-0.05, 0) is 140 Å². The molecule has 0 saturated carbocycles. The molecule has 0 aromatic heterocycles. The molecule has 11 rings (SSSR count). The normalized spacial score (nSPS) is 11.4. The summed E-state index contributed by atoms with van der Waals surface area (Å²) in [5.74, 6) is 0. The lowest BCUT2D eigenvalue weighted by Crippen LogP contribution is -1.91. The molecule has 0 aliphatic rings. The average molecular weight is 735 g/mol. The molecular weight excluding hydrogens is 697 g/mol. The minimum absolute atomic E-state index is 1.20. The Balaban J connectivity index is 0.956. The smallest absolute Gasteiger partial charge is 0.00262 e. The molecule has 0 radical (unpaired) electrons. The summed E-state index contributed by atoms with van der Waals surface area (Å²) in [4.78, 5) is 0. The van der Waals surface area contributed by atoms with Crippen LogP contribution in [0.3, 0.4) is 0 Å². The first-order chi connectivity index (χ1) is 28.7. The Hall–Kier alpha value is -7.54. The molecule has 0 atom stereocenters. The Labute approximate surface area is 339 Å². The van der Waals surface area contributed by atoms with E-state index in [0.717, 1.165) is 0 Å². The second kappa shape index (κ2) is 14.2. The molecule has 0 nitrogen and oxygen atoms in total. The summed E-state index contributed by atoms with van der Waals surface area (Å²) in [6.07, 6.45) is 0. The van der Waals surface area contributed by atoms with Gasteiger partial charge in [0.2, 0.25) is 0 Å². The van der Waals surface area contributed by atoms with Crippen molar-refractivity contribution in [1.29, 1.82) is 0 Å². The van der Waals surface area contributed by atoms with Crippen molar-refractivity contribution in [3.05, 3.63) is 231 Å². The van der Waals surface area contributed by atoms with Gasteiger partial charge in [-0.3, -0.25) is 0 Å². The maximum Gasteiger partial charge on any atom is -0.00262 e. The minimum Gasteiger partial charge on any atom is -0.0622 e. The average Bonchev–Trinajstić information content (AvgIpc) is 3.30. The van der Waals surface area contributed by atoms with Gasteiger partial charge in [0, 0.05) is 0 Å². The number of rotatable bonds is 6. The molecule has 0 heteroatoms. The monoisotopic (exact) mass is 734 g/mol. The zero-order valence-corrected chi connectivity index (χ0v) is 31.9. The third-order valence-electron chi connectivity index (χ3n) is 11.8. The van der Waals surface area contributed by atoms with E-state index in [1.165, 1.54) is 110 Å². The molecule has 58 heavy (non-hydrogen) atoms. The zero-order valence-electron chi connectivity index (χ0n) is 31.9. The van der Waals surface area contributed by atoms with E-state index in [0.29, 0.717) is 0 Å². The summed E-state index contributed by atoms with van der Waals surface area (Å²) >= 11 is 0. The number of benzene rings is 11. The maximum atomic E-state index is 2.36. The molecule has 270 valence electrons. The van der Waals surface area contributed by atoms with Gasteiger partial charge in [0.1, 0.15) is 0 Å². The first-order valence-corrected chi connectivity index (χ1v) is 20.1. The summed E-state index contributed by atoms with van der Waals surface area (Å²) in [5, 5.41) is 10.0. The van der Waals surface area contributed by atoms with Crippen LogP contribution in [-0.2, 0) is 0 Å². The van der Waals surface area contributed by atoms with E-state index in [2.05, 4.69) is 231 Å². The fourth-order valence-corrected chi connectivity index (χ4v) is 8.92. The van der Waals surface area contributed by atoms with Gasteiger partial charge in [0.05, 0.1) is 0 Å². The van der Waals surface area contributed by atoms with Crippen LogP contribution in [0.1, 0.15) is 0 Å². The molecule has 0 aliphatic carbocycles. The maximum absolute atomic E-state index is 2.36. The van der Waals surface area contributed by atoms with Crippen LogP contribution in [0, 0.1) is 0 Å². The highest BCUT2D eigenvalue weighted by Crippen LogP contribution is 2.44. The van der Waals surface area contributed by atoms with Crippen molar-refractivity contribution < 1.29 is 0 Å². The lowest BCUT2D eigenvalue weighted by Gasteiger charge is -2.18. The Morgan fingerprint density at radius 2 is 0.466 bits per heavy atom. The third-order valence-corrected chi connectivity index (χ3v) is 11.8. The van der Waals surface area contributed by atoms with Crippen molar-refractivity contribution >= 4 is 43.1 Å². The van der Waals surface area contributed by atoms with Crippen LogP contribution >= 0.6 is 0 Å². The SMILES string of the molecule is c1ccc(-c2ccc3cc(-c4cccc(-c5ccc(-c6c7ccccc7c(-c7cccc(-c8ccc9ccccc9c8)c7)c7ccccc67)cc5)c4)ccc3c2)cc1. The van der Waals surface area contributed by atoms with Crippen molar-refractivity contribution in [2.24, 2.45) is 0 Å². The van der Waals surface area contributed by atoms with E-state index in [1.54, 1.807) is 0 Å². The first kappa shape index (κ1) is 33.8. The van der Waals surface area contributed by atoms with Crippen molar-refractivity contribution in [3.8, 4) is 66.8 Å². The van der Waals surface area contributed by atoms with Gasteiger partial charge in [0.15, 0.2) is 0 Å². The molecule has 0 saturated heterocycles. The standard InChI is InChI=1S/C58H38/c1-2-12-39(13-3-1)47-30-31-51-37-49(32-33-50(51)36-47)45-17-10-16-44(34-45)41-24-27-42(28-25-41)57-53-20-6-8-22-55(53)58(56-23-9-7-21-54(56)57)52-19-11-18-46(38-52)48-29-26-40-14-4-5-15-43(40)35-48/h1-38H. The zero-order chi connectivity index (χ0) is 38.4. The van der Waals surface area contributed by atoms with E-state index in [9.17, 15) is 0 Å². The van der Waals surface area contributed by atoms with E-state index in [1.807, 2.05) is 0 Å². The van der Waals surface area contributed by atoms with Crippen LogP contribution in [0.5, 0.6) is 0 Å². The molecule has 0 fully saturated rings. The number of fused-ring (bicyclic) bond motifs is 4. The Kier molecular flexibility index (Phi) is 8.26. The molecule has 0 N–H and O–H groups in total. The van der Waals surface area contributed by atoms with Crippen molar-refractivity contribution in [2.45, 2.75) is 0 Å². The van der Waals surface area contributed by atoms with Gasteiger partial charge in [-0.2, -0.15) is 0 Å². The topological polar surface area (TPSA) is 0 Å². The molecule has 11 aromatic rings. The summed E-state index contributed by atoms with van der Waals surface area (Å²) in [6, 6.07) is 84.5. The molecular formula is C58H38. The summed E-state index contributed by atoms with van der Waals surface area (Å²) < 4.78 is 0. The first-order valence-electron chi connectivity index (χ1n) is 20.1. The van der Waals surface area contributed by atoms with Crippen molar-refractivity contribution in [1.82, 2.24) is 0 Å². The Morgan fingerprint density at radius 1 is 0.155 bits per heavy atom. The fourth-order valence-electron chi connectivity index (χ4n) is 8.92. The van der Waals surface area contributed by atoms with Crippen LogP contribution in [0.4, 0.5) is 0 Å². The van der Waals surface area contributed by atoms with Crippen LogP contribution in [0.2, 0.25) is 0 Å². The van der Waals surface area contributed by atoms with Gasteiger partial charge in [0.25, 0.3) is 0 Å². The Morgan fingerprint density at radius 3 is 1.03 bits per heavy atom. The van der Waals surface area contributed by atoms with Crippen LogP contribution in [-0.4, -0.2) is 0 Å². The van der Waals surface area contributed by atoms with Crippen LogP contribution in [0.25, 0.3) is 110 Å². The lowest BCUT2D eigenvalue weighted by atomic mass is 9.85. The number of hydrogen-bond acceptors (Lipinski definition) is 0. The molecule has 11 aromatic carbocycles. The fraction of sp³-hybridized carbons (Fsp3) is 0. The predicted octanol–water partition coefficient (Wildman–Crippen LogP) is 16.3. The van der Waals surface area contributed by atoms with Gasteiger partial charge >= 0.3 is 0 Å². The quantitative estimate of drug-likeness (QED) is 0.149. The van der Waals surface area contributed by atoms with Gasteiger partial charge in [-0.15, -0.1) is 0 Å². The molecule has 0 spiro atoms. The van der Waals surface area contributed by atoms with Crippen molar-refractivity contribution in [3.63, 3.8) is 0 Å². The minimum atomic E-state index is 1.20. The second-order valence-corrected chi connectivity index (χ2v) is 15.3. The molecule has 0 heterocycles. The van der Waals surface area contributed by atoms with Gasteiger partial charge in [-0.25, -0.2) is 0 Å². The highest BCUT2D eigenvalue weighted by molar-refractivity contribution is 6.21. The third kappa shape index (κ3) is 6.04. The van der Waals surface area contributed by atoms with Crippen LogP contribution < -0.4 is 0 Å². The Bertz CT molecular complexity index is 3260. The van der Waals surface area contributed by atoms with Gasteiger partial charge < -0.3 is 0 Å². The van der Waals surface area contributed by atoms with E-state index in [-0.39, 0.29) is 0 Å². The van der Waals surface area contributed by atoms with E-state index < -0.39 is 0 Å². The largest absolute Gasteiger partial charge is 0.0622 e.